The van der Waals surface area contributed by atoms with Gasteiger partial charge in [-0.15, -0.1) is 6.58 Å². The molecule has 0 spiro atoms. The molecule has 1 aromatic heterocycles. The molecule has 0 unspecified atom stereocenters. The smallest absolute Gasteiger partial charge is 0.335 e. The van der Waals surface area contributed by atoms with E-state index in [1.807, 2.05) is 60.7 Å². The number of rotatable bonds is 11. The van der Waals surface area contributed by atoms with Crippen LogP contribution in [0.5, 0.6) is 0 Å². The number of benzene rings is 2. The molecule has 2 heterocycles. The lowest BCUT2D eigenvalue weighted by Gasteiger charge is -2.27. The first-order valence-corrected chi connectivity index (χ1v) is 14.0. The number of hydrogen-bond acceptors (Lipinski definition) is 6. The first-order chi connectivity index (χ1) is 19.6. The summed E-state index contributed by atoms with van der Waals surface area (Å²) in [6.07, 6.45) is 0.906. The van der Waals surface area contributed by atoms with Crippen LogP contribution in [0.15, 0.2) is 89.1 Å². The normalized spacial score (nSPS) is 19.6. The maximum Gasteiger partial charge on any atom is 0.335 e. The highest BCUT2D eigenvalue weighted by atomic mass is 35.6. The number of nitrogens with zero attached hydrogens (tertiary/aromatic N) is 2. The second kappa shape index (κ2) is 13.8. The van der Waals surface area contributed by atoms with Gasteiger partial charge in [0, 0.05) is 18.2 Å². The SMILES string of the molecule is C=C[C@H](NC(=O)C(Cl)(Cl)Cl)[C@H]1O[C@@H](n2cc(C)c(=O)n(COCc3ccccc3)c2=O)C[C@@H]1OCc1ccccc1. The molecule has 1 fully saturated rings. The topological polar surface area (TPSA) is 101 Å². The molecule has 1 N–H and O–H groups in total. The van der Waals surface area contributed by atoms with Crippen LogP contribution in [0.4, 0.5) is 0 Å². The average Bonchev–Trinajstić information content (AvgIpc) is 3.38. The third kappa shape index (κ3) is 7.88. The summed E-state index contributed by atoms with van der Waals surface area (Å²) in [6, 6.07) is 18.1. The van der Waals surface area contributed by atoms with Gasteiger partial charge in [-0.3, -0.25) is 14.2 Å². The summed E-state index contributed by atoms with van der Waals surface area (Å²) in [6.45, 7) is 5.64. The Morgan fingerprint density at radius 3 is 2.29 bits per heavy atom. The number of carbonyl (C=O) groups excluding carboxylic acids is 1. The Labute approximate surface area is 252 Å². The van der Waals surface area contributed by atoms with E-state index in [2.05, 4.69) is 11.9 Å². The van der Waals surface area contributed by atoms with Crippen LogP contribution >= 0.6 is 34.8 Å². The lowest BCUT2D eigenvalue weighted by molar-refractivity contribution is -0.122. The van der Waals surface area contributed by atoms with Gasteiger partial charge >= 0.3 is 5.69 Å². The first kappa shape index (κ1) is 31.0. The van der Waals surface area contributed by atoms with E-state index in [1.54, 1.807) is 6.92 Å². The zero-order valence-corrected chi connectivity index (χ0v) is 24.5. The molecule has 0 saturated carbocycles. The first-order valence-electron chi connectivity index (χ1n) is 12.8. The molecule has 2 aromatic carbocycles. The van der Waals surface area contributed by atoms with E-state index in [0.29, 0.717) is 5.56 Å². The number of aryl methyl sites for hydroxylation is 1. The van der Waals surface area contributed by atoms with Crippen LogP contribution in [-0.4, -0.2) is 37.1 Å². The molecular formula is C29H30Cl3N3O6. The number of aromatic nitrogens is 2. The summed E-state index contributed by atoms with van der Waals surface area (Å²) in [5, 5.41) is 2.62. The van der Waals surface area contributed by atoms with Crippen molar-refractivity contribution in [3.05, 3.63) is 117 Å². The van der Waals surface area contributed by atoms with Gasteiger partial charge in [0.15, 0.2) is 0 Å². The average molecular weight is 623 g/mol. The van der Waals surface area contributed by atoms with Gasteiger partial charge < -0.3 is 19.5 Å². The van der Waals surface area contributed by atoms with Crippen LogP contribution in [0.25, 0.3) is 0 Å². The third-order valence-corrected chi connectivity index (χ3v) is 7.11. The van der Waals surface area contributed by atoms with Gasteiger partial charge in [0.05, 0.1) is 25.4 Å². The molecule has 218 valence electrons. The fourth-order valence-electron chi connectivity index (χ4n) is 4.51. The Balaban J connectivity index is 1.59. The molecule has 1 aliphatic rings. The van der Waals surface area contributed by atoms with Crippen molar-refractivity contribution >= 4 is 40.7 Å². The zero-order valence-electron chi connectivity index (χ0n) is 22.3. The molecule has 12 heteroatoms. The number of amides is 1. The predicted molar refractivity (Wildman–Crippen MR) is 157 cm³/mol. The largest absolute Gasteiger partial charge is 0.371 e. The number of ether oxygens (including phenoxy) is 3. The Bertz CT molecular complexity index is 1460. The molecule has 41 heavy (non-hydrogen) atoms. The molecule has 0 bridgehead atoms. The fraction of sp³-hybridized carbons (Fsp3) is 0.345. The van der Waals surface area contributed by atoms with Gasteiger partial charge in [0.25, 0.3) is 15.3 Å². The van der Waals surface area contributed by atoms with Crippen LogP contribution in [0.2, 0.25) is 0 Å². The number of halogens is 3. The minimum absolute atomic E-state index is 0.224. The summed E-state index contributed by atoms with van der Waals surface area (Å²) in [5.74, 6) is -0.863. The lowest BCUT2D eigenvalue weighted by atomic mass is 10.0. The summed E-state index contributed by atoms with van der Waals surface area (Å²) >= 11 is 17.3. The van der Waals surface area contributed by atoms with Crippen molar-refractivity contribution in [3.63, 3.8) is 0 Å². The van der Waals surface area contributed by atoms with Crippen molar-refractivity contribution in [1.29, 1.82) is 0 Å². The van der Waals surface area contributed by atoms with Crippen molar-refractivity contribution in [2.75, 3.05) is 0 Å². The van der Waals surface area contributed by atoms with Crippen LogP contribution in [0.3, 0.4) is 0 Å². The standard InChI is InChI=1S/C29H30Cl3N3O6/c1-3-22(33-27(37)29(30,31)32)25-23(40-17-21-12-8-5-9-13-21)14-24(41-25)34-15-19(2)26(36)35(28(34)38)18-39-16-20-10-6-4-7-11-20/h3-13,15,22-25H,1,14,16-18H2,2H3,(H,33,37)/t22-,23-,24+,25+/m0/s1. The quantitative estimate of drug-likeness (QED) is 0.251. The second-order valence-electron chi connectivity index (χ2n) is 9.56. The van der Waals surface area contributed by atoms with Gasteiger partial charge in [-0.25, -0.2) is 9.36 Å². The molecule has 1 amide bonds. The molecule has 0 radical (unpaired) electrons. The van der Waals surface area contributed by atoms with E-state index in [1.165, 1.54) is 16.8 Å². The van der Waals surface area contributed by atoms with Gasteiger partial charge in [-0.2, -0.15) is 0 Å². The molecule has 4 atom stereocenters. The number of hydrogen-bond donors (Lipinski definition) is 1. The van der Waals surface area contributed by atoms with E-state index in [9.17, 15) is 14.4 Å². The Morgan fingerprint density at radius 2 is 1.71 bits per heavy atom. The maximum atomic E-state index is 13.5. The summed E-state index contributed by atoms with van der Waals surface area (Å²) in [5.41, 5.74) is 1.08. The van der Waals surface area contributed by atoms with Gasteiger partial charge in [-0.05, 0) is 18.1 Å². The maximum absolute atomic E-state index is 13.5. The Morgan fingerprint density at radius 1 is 1.10 bits per heavy atom. The molecular weight excluding hydrogens is 593 g/mol. The molecule has 0 aliphatic carbocycles. The number of alkyl halides is 3. The molecule has 9 nitrogen and oxygen atoms in total. The van der Waals surface area contributed by atoms with Gasteiger partial charge in [-0.1, -0.05) is 102 Å². The van der Waals surface area contributed by atoms with Crippen LogP contribution in [-0.2, 0) is 38.9 Å². The number of nitrogens with one attached hydrogen (secondary N) is 1. The molecule has 3 aromatic rings. The second-order valence-corrected chi connectivity index (χ2v) is 11.8. The van der Waals surface area contributed by atoms with Crippen molar-refractivity contribution in [2.24, 2.45) is 0 Å². The summed E-state index contributed by atoms with van der Waals surface area (Å²) < 4.78 is 18.3. The Hall–Kier alpha value is -2.92. The predicted octanol–water partition coefficient (Wildman–Crippen LogP) is 4.41. The third-order valence-electron chi connectivity index (χ3n) is 6.59. The van der Waals surface area contributed by atoms with Crippen molar-refractivity contribution in [2.45, 2.75) is 61.6 Å². The van der Waals surface area contributed by atoms with Gasteiger partial charge in [0.1, 0.15) is 19.1 Å². The highest BCUT2D eigenvalue weighted by Gasteiger charge is 2.43. The molecule has 4 rings (SSSR count). The minimum Gasteiger partial charge on any atom is -0.371 e. The van der Waals surface area contributed by atoms with Crippen LogP contribution in [0.1, 0.15) is 29.3 Å². The zero-order chi connectivity index (χ0) is 29.6. The van der Waals surface area contributed by atoms with Crippen LogP contribution in [0, 0.1) is 6.92 Å². The van der Waals surface area contributed by atoms with E-state index >= 15 is 0 Å². The number of carbonyl (C=O) groups is 1. The summed E-state index contributed by atoms with van der Waals surface area (Å²) in [7, 11) is 0. The van der Waals surface area contributed by atoms with Crippen molar-refractivity contribution in [1.82, 2.24) is 14.5 Å². The lowest BCUT2D eigenvalue weighted by Crippen LogP contribution is -2.50. The molecule has 1 saturated heterocycles. The fourth-order valence-corrected chi connectivity index (χ4v) is 4.67. The Kier molecular flexibility index (Phi) is 10.5. The highest BCUT2D eigenvalue weighted by Crippen LogP contribution is 2.34. The van der Waals surface area contributed by atoms with Crippen molar-refractivity contribution in [3.8, 4) is 0 Å². The monoisotopic (exact) mass is 621 g/mol. The molecule has 1 aliphatic heterocycles. The minimum atomic E-state index is -2.21. The summed E-state index contributed by atoms with van der Waals surface area (Å²) in [4.78, 5) is 38.8. The highest BCUT2D eigenvalue weighted by molar-refractivity contribution is 6.76. The van der Waals surface area contributed by atoms with E-state index in [0.717, 1.165) is 15.7 Å². The van der Waals surface area contributed by atoms with E-state index < -0.39 is 45.4 Å². The van der Waals surface area contributed by atoms with Crippen molar-refractivity contribution < 1.29 is 19.0 Å². The van der Waals surface area contributed by atoms with Crippen LogP contribution < -0.4 is 16.6 Å². The van der Waals surface area contributed by atoms with E-state index in [-0.39, 0.29) is 26.4 Å². The van der Waals surface area contributed by atoms with Gasteiger partial charge in [0.2, 0.25) is 0 Å². The van der Waals surface area contributed by atoms with E-state index in [4.69, 9.17) is 49.0 Å².